The van der Waals surface area contributed by atoms with Gasteiger partial charge in [-0.3, -0.25) is 0 Å². The van der Waals surface area contributed by atoms with E-state index in [0.717, 1.165) is 23.2 Å². The number of nitrogens with zero attached hydrogens (tertiary/aromatic N) is 4. The second-order valence-corrected chi connectivity index (χ2v) is 7.11. The maximum atomic E-state index is 9.04. The summed E-state index contributed by atoms with van der Waals surface area (Å²) in [7, 11) is 1.98. The fourth-order valence-corrected chi connectivity index (χ4v) is 3.61. The number of ether oxygens (including phenoxy) is 1. The summed E-state index contributed by atoms with van der Waals surface area (Å²) in [4.78, 5) is 1.28. The number of thioether (sulfide) groups is 1. The van der Waals surface area contributed by atoms with E-state index in [0.29, 0.717) is 17.9 Å². The van der Waals surface area contributed by atoms with Crippen LogP contribution in [0.15, 0.2) is 46.9 Å². The molecule has 0 amide bonds. The normalized spacial score (nSPS) is 10.5. The van der Waals surface area contributed by atoms with Crippen LogP contribution in [0.2, 0.25) is 0 Å². The van der Waals surface area contributed by atoms with E-state index in [9.17, 15) is 0 Å². The molecule has 1 aromatic carbocycles. The van der Waals surface area contributed by atoms with Crippen molar-refractivity contribution in [2.45, 2.75) is 11.6 Å². The molecule has 3 rings (SSSR count). The molecule has 0 radical (unpaired) electrons. The molecule has 3 aromatic rings. The molecule has 2 aromatic heterocycles. The molecule has 2 heterocycles. The first-order valence-electron chi connectivity index (χ1n) is 7.43. The molecule has 0 bridgehead atoms. The molecule has 0 N–H and O–H groups in total. The smallest absolute Gasteiger partial charge is 0.191 e. The molecule has 7 heteroatoms. The minimum Gasteiger partial charge on any atom is -0.491 e. The first-order valence-corrected chi connectivity index (χ1v) is 9.30. The zero-order valence-electron chi connectivity index (χ0n) is 13.2. The summed E-state index contributed by atoms with van der Waals surface area (Å²) in [5.74, 6) is 2.32. The zero-order chi connectivity index (χ0) is 16.8. The second-order valence-electron chi connectivity index (χ2n) is 5.02. The first kappa shape index (κ1) is 16.6. The zero-order valence-corrected chi connectivity index (χ0v) is 14.8. The fraction of sp³-hybridized carbons (Fsp3) is 0.235. The summed E-state index contributed by atoms with van der Waals surface area (Å²) in [6, 6.07) is 13.5. The maximum Gasteiger partial charge on any atom is 0.191 e. The van der Waals surface area contributed by atoms with E-state index in [2.05, 4.69) is 27.7 Å². The van der Waals surface area contributed by atoms with E-state index in [1.807, 2.05) is 35.9 Å². The van der Waals surface area contributed by atoms with Crippen LogP contribution < -0.4 is 4.74 Å². The molecule has 0 saturated carbocycles. The molecular formula is C17H16N4OS2. The lowest BCUT2D eigenvalue weighted by atomic mass is 10.2. The number of benzene rings is 1. The monoisotopic (exact) mass is 356 g/mol. The minimum absolute atomic E-state index is 0.510. The van der Waals surface area contributed by atoms with E-state index < -0.39 is 0 Å². The third-order valence-corrected chi connectivity index (χ3v) is 5.28. The van der Waals surface area contributed by atoms with Crippen molar-refractivity contribution >= 4 is 23.1 Å². The largest absolute Gasteiger partial charge is 0.491 e. The number of hydrogen-bond donors (Lipinski definition) is 0. The van der Waals surface area contributed by atoms with Gasteiger partial charge in [-0.25, -0.2) is 0 Å². The van der Waals surface area contributed by atoms with Crippen LogP contribution in [-0.4, -0.2) is 27.1 Å². The lowest BCUT2D eigenvalue weighted by Gasteiger charge is -2.07. The molecule has 0 aliphatic heterocycles. The Hall–Kier alpha value is -2.30. The molecule has 0 spiro atoms. The van der Waals surface area contributed by atoms with Gasteiger partial charge in [0.1, 0.15) is 17.6 Å². The van der Waals surface area contributed by atoms with Crippen molar-refractivity contribution in [3.8, 4) is 11.8 Å². The van der Waals surface area contributed by atoms with Crippen molar-refractivity contribution in [2.24, 2.45) is 7.05 Å². The highest BCUT2D eigenvalue weighted by molar-refractivity contribution is 7.99. The average molecular weight is 356 g/mol. The van der Waals surface area contributed by atoms with Crippen LogP contribution in [0.25, 0.3) is 0 Å². The first-order chi connectivity index (χ1) is 11.8. The minimum atomic E-state index is 0.510. The SMILES string of the molecule is Cn1c(Cc2cccs2)nnc1SCCOc1ccccc1C#N. The van der Waals surface area contributed by atoms with Crippen LogP contribution >= 0.6 is 23.1 Å². The second kappa shape index (κ2) is 7.99. The van der Waals surface area contributed by atoms with Gasteiger partial charge >= 0.3 is 0 Å². The molecule has 122 valence electrons. The van der Waals surface area contributed by atoms with E-state index in [4.69, 9.17) is 10.00 Å². The van der Waals surface area contributed by atoms with Crippen molar-refractivity contribution in [1.29, 1.82) is 5.26 Å². The fourth-order valence-electron chi connectivity index (χ4n) is 2.16. The summed E-state index contributed by atoms with van der Waals surface area (Å²) < 4.78 is 7.70. The molecule has 0 atom stereocenters. The third kappa shape index (κ3) is 3.96. The molecule has 0 aliphatic carbocycles. The van der Waals surface area contributed by atoms with Crippen molar-refractivity contribution < 1.29 is 4.74 Å². The van der Waals surface area contributed by atoms with Crippen molar-refractivity contribution in [1.82, 2.24) is 14.8 Å². The molecule has 0 aliphatic rings. The maximum absolute atomic E-state index is 9.04. The van der Waals surface area contributed by atoms with Crippen LogP contribution in [0, 0.1) is 11.3 Å². The van der Waals surface area contributed by atoms with Crippen LogP contribution in [0.1, 0.15) is 16.3 Å². The Morgan fingerprint density at radius 2 is 2.12 bits per heavy atom. The van der Waals surface area contributed by atoms with Crippen LogP contribution in [0.5, 0.6) is 5.75 Å². The van der Waals surface area contributed by atoms with Crippen molar-refractivity contribution in [2.75, 3.05) is 12.4 Å². The van der Waals surface area contributed by atoms with Crippen LogP contribution in [0.4, 0.5) is 0 Å². The number of nitriles is 1. The standard InChI is InChI=1S/C17H16N4OS2/c1-21-16(11-14-6-4-9-23-14)19-20-17(21)24-10-8-22-15-7-3-2-5-13(15)12-18/h2-7,9H,8,10-11H2,1H3. The van der Waals surface area contributed by atoms with E-state index in [-0.39, 0.29) is 0 Å². The van der Waals surface area contributed by atoms with Gasteiger partial charge < -0.3 is 9.30 Å². The van der Waals surface area contributed by atoms with Crippen molar-refractivity contribution in [3.63, 3.8) is 0 Å². The van der Waals surface area contributed by atoms with Gasteiger partial charge in [0.05, 0.1) is 12.2 Å². The van der Waals surface area contributed by atoms with Crippen LogP contribution in [-0.2, 0) is 13.5 Å². The quantitative estimate of drug-likeness (QED) is 0.479. The van der Waals surface area contributed by atoms with Gasteiger partial charge in [-0.15, -0.1) is 21.5 Å². The van der Waals surface area contributed by atoms with Gasteiger partial charge in [-0.2, -0.15) is 5.26 Å². The lowest BCUT2D eigenvalue weighted by molar-refractivity contribution is 0.343. The highest BCUT2D eigenvalue weighted by atomic mass is 32.2. The topological polar surface area (TPSA) is 63.7 Å². The molecule has 0 saturated heterocycles. The molecule has 5 nitrogen and oxygen atoms in total. The number of thiophene rings is 1. The predicted molar refractivity (Wildman–Crippen MR) is 95.5 cm³/mol. The number of rotatable bonds is 7. The molecule has 0 unspecified atom stereocenters. The summed E-state index contributed by atoms with van der Waals surface area (Å²) in [6.45, 7) is 0.510. The lowest BCUT2D eigenvalue weighted by Crippen LogP contribution is -2.04. The van der Waals surface area contributed by atoms with Gasteiger partial charge in [-0.05, 0) is 23.6 Å². The highest BCUT2D eigenvalue weighted by Crippen LogP contribution is 2.20. The highest BCUT2D eigenvalue weighted by Gasteiger charge is 2.10. The van der Waals surface area contributed by atoms with Crippen LogP contribution in [0.3, 0.4) is 0 Å². The van der Waals surface area contributed by atoms with Gasteiger partial charge in [0.2, 0.25) is 0 Å². The number of aromatic nitrogens is 3. The predicted octanol–water partition coefficient (Wildman–Crippen LogP) is 3.51. The summed E-state index contributed by atoms with van der Waals surface area (Å²) in [5, 5.41) is 20.5. The molecule has 0 fully saturated rings. The Labute approximate surface area is 148 Å². The average Bonchev–Trinajstić information content (AvgIpc) is 3.24. The Kier molecular flexibility index (Phi) is 5.51. The summed E-state index contributed by atoms with van der Waals surface area (Å²) >= 11 is 3.32. The Morgan fingerprint density at radius 1 is 1.25 bits per heavy atom. The Balaban J connectivity index is 1.52. The van der Waals surface area contributed by atoms with Gasteiger partial charge in [0.25, 0.3) is 0 Å². The molecule has 24 heavy (non-hydrogen) atoms. The number of hydrogen-bond acceptors (Lipinski definition) is 6. The molecular weight excluding hydrogens is 340 g/mol. The van der Waals surface area contributed by atoms with Gasteiger partial charge in [-0.1, -0.05) is 30.0 Å². The summed E-state index contributed by atoms with van der Waals surface area (Å²) in [6.07, 6.45) is 0.799. The van der Waals surface area contributed by atoms with Gasteiger partial charge in [0, 0.05) is 24.1 Å². The van der Waals surface area contributed by atoms with Gasteiger partial charge in [0.15, 0.2) is 5.16 Å². The van der Waals surface area contributed by atoms with E-state index in [1.165, 1.54) is 4.88 Å². The van der Waals surface area contributed by atoms with E-state index >= 15 is 0 Å². The number of para-hydroxylation sites is 1. The summed E-state index contributed by atoms with van der Waals surface area (Å²) in [5.41, 5.74) is 0.555. The Bertz CT molecular complexity index is 837. The Morgan fingerprint density at radius 3 is 2.92 bits per heavy atom. The van der Waals surface area contributed by atoms with E-state index in [1.54, 1.807) is 29.2 Å². The third-order valence-electron chi connectivity index (χ3n) is 3.42. The van der Waals surface area contributed by atoms with Crippen molar-refractivity contribution in [3.05, 3.63) is 58.0 Å².